The number of nitrogen functional groups attached to an aromatic ring is 1. The Hall–Kier alpha value is -1.80. The molecule has 0 bridgehead atoms. The van der Waals surface area contributed by atoms with E-state index >= 15 is 0 Å². The van der Waals surface area contributed by atoms with Gasteiger partial charge in [-0.2, -0.15) is 5.26 Å². The van der Waals surface area contributed by atoms with Gasteiger partial charge in [0.1, 0.15) is 11.9 Å². The molecule has 19 heavy (non-hydrogen) atoms. The van der Waals surface area contributed by atoms with Crippen molar-refractivity contribution in [2.75, 3.05) is 30.9 Å². The van der Waals surface area contributed by atoms with Gasteiger partial charge in [0, 0.05) is 19.7 Å². The highest BCUT2D eigenvalue weighted by molar-refractivity contribution is 5.59. The van der Waals surface area contributed by atoms with Crippen LogP contribution in [0.4, 0.5) is 11.5 Å². The zero-order valence-electron chi connectivity index (χ0n) is 11.9. The molecule has 0 amide bonds. The molecule has 0 saturated heterocycles. The summed E-state index contributed by atoms with van der Waals surface area (Å²) >= 11 is 0. The van der Waals surface area contributed by atoms with Crippen LogP contribution in [0, 0.1) is 11.3 Å². The van der Waals surface area contributed by atoms with Crippen molar-refractivity contribution in [3.63, 3.8) is 0 Å². The summed E-state index contributed by atoms with van der Waals surface area (Å²) in [5.74, 6) is 0.697. The molecule has 0 radical (unpaired) electrons. The number of aromatic nitrogens is 1. The van der Waals surface area contributed by atoms with Gasteiger partial charge in [-0.25, -0.2) is 4.98 Å². The van der Waals surface area contributed by atoms with E-state index in [1.807, 2.05) is 0 Å². The predicted octanol–water partition coefficient (Wildman–Crippen LogP) is 2.18. The molecule has 104 valence electrons. The Labute approximate surface area is 115 Å². The molecule has 0 unspecified atom stereocenters. The number of ether oxygens (including phenoxy) is 1. The minimum Gasteiger partial charge on any atom is -0.397 e. The standard InChI is InChI=1S/C14H22N4O/c1-4-13(5-2)18(6-7-19-3)14-11(9-15)8-12(16)10-17-14/h8,10,13H,4-7,16H2,1-3H3. The number of pyridine rings is 1. The van der Waals surface area contributed by atoms with Gasteiger partial charge in [0.15, 0.2) is 0 Å². The lowest BCUT2D eigenvalue weighted by molar-refractivity contribution is 0.202. The van der Waals surface area contributed by atoms with Crippen LogP contribution in [0.25, 0.3) is 0 Å². The fourth-order valence-corrected chi connectivity index (χ4v) is 2.17. The largest absolute Gasteiger partial charge is 0.397 e. The van der Waals surface area contributed by atoms with Crippen LogP contribution < -0.4 is 10.6 Å². The van der Waals surface area contributed by atoms with Gasteiger partial charge >= 0.3 is 0 Å². The fourth-order valence-electron chi connectivity index (χ4n) is 2.17. The van der Waals surface area contributed by atoms with Crippen LogP contribution in [0.5, 0.6) is 0 Å². The number of hydrogen-bond acceptors (Lipinski definition) is 5. The lowest BCUT2D eigenvalue weighted by atomic mass is 10.1. The van der Waals surface area contributed by atoms with Crippen molar-refractivity contribution in [2.45, 2.75) is 32.7 Å². The van der Waals surface area contributed by atoms with Crippen LogP contribution in [-0.4, -0.2) is 31.3 Å². The third kappa shape index (κ3) is 3.83. The minimum absolute atomic E-state index is 0.346. The third-order valence-electron chi connectivity index (χ3n) is 3.20. The van der Waals surface area contributed by atoms with Gasteiger partial charge in [-0.15, -0.1) is 0 Å². The summed E-state index contributed by atoms with van der Waals surface area (Å²) in [5.41, 5.74) is 6.71. The van der Waals surface area contributed by atoms with E-state index in [0.29, 0.717) is 36.3 Å². The van der Waals surface area contributed by atoms with E-state index in [1.54, 1.807) is 19.4 Å². The quantitative estimate of drug-likeness (QED) is 0.815. The lowest BCUT2D eigenvalue weighted by Crippen LogP contribution is -2.38. The maximum absolute atomic E-state index is 9.24. The molecule has 1 aromatic rings. The Morgan fingerprint density at radius 3 is 2.68 bits per heavy atom. The second-order valence-corrected chi connectivity index (χ2v) is 4.41. The Bertz CT molecular complexity index is 438. The summed E-state index contributed by atoms with van der Waals surface area (Å²) < 4.78 is 5.15. The van der Waals surface area contributed by atoms with Crippen LogP contribution in [-0.2, 0) is 4.74 Å². The molecular formula is C14H22N4O. The summed E-state index contributed by atoms with van der Waals surface area (Å²) in [4.78, 5) is 6.48. The third-order valence-corrected chi connectivity index (χ3v) is 3.20. The molecular weight excluding hydrogens is 240 g/mol. The van der Waals surface area contributed by atoms with E-state index < -0.39 is 0 Å². The maximum Gasteiger partial charge on any atom is 0.146 e. The second-order valence-electron chi connectivity index (χ2n) is 4.41. The molecule has 1 heterocycles. The predicted molar refractivity (Wildman–Crippen MR) is 77.0 cm³/mol. The summed E-state index contributed by atoms with van der Waals surface area (Å²) in [6.07, 6.45) is 3.59. The zero-order valence-corrected chi connectivity index (χ0v) is 11.9. The first-order valence-electron chi connectivity index (χ1n) is 6.59. The number of nitrogens with zero attached hydrogens (tertiary/aromatic N) is 3. The first kappa shape index (κ1) is 15.3. The molecule has 1 rings (SSSR count). The fraction of sp³-hybridized carbons (Fsp3) is 0.571. The van der Waals surface area contributed by atoms with E-state index in [9.17, 15) is 5.26 Å². The highest BCUT2D eigenvalue weighted by Crippen LogP contribution is 2.23. The number of hydrogen-bond donors (Lipinski definition) is 1. The highest BCUT2D eigenvalue weighted by Gasteiger charge is 2.19. The molecule has 0 aromatic carbocycles. The Morgan fingerprint density at radius 2 is 2.16 bits per heavy atom. The van der Waals surface area contributed by atoms with E-state index in [4.69, 9.17) is 10.5 Å². The molecule has 0 aliphatic rings. The Morgan fingerprint density at radius 1 is 1.47 bits per heavy atom. The van der Waals surface area contributed by atoms with Gasteiger partial charge in [-0.3, -0.25) is 0 Å². The first-order valence-corrected chi connectivity index (χ1v) is 6.59. The van der Waals surface area contributed by atoms with Crippen LogP contribution >= 0.6 is 0 Å². The molecule has 0 atom stereocenters. The smallest absolute Gasteiger partial charge is 0.146 e. The van der Waals surface area contributed by atoms with Gasteiger partial charge in [-0.1, -0.05) is 13.8 Å². The number of nitrogens with two attached hydrogens (primary N) is 1. The van der Waals surface area contributed by atoms with Gasteiger partial charge in [0.2, 0.25) is 0 Å². The van der Waals surface area contributed by atoms with Crippen molar-refractivity contribution in [1.82, 2.24) is 4.98 Å². The summed E-state index contributed by atoms with van der Waals surface area (Å²) in [6, 6.07) is 4.19. The molecule has 5 heteroatoms. The van der Waals surface area contributed by atoms with Crippen LogP contribution in [0.2, 0.25) is 0 Å². The topological polar surface area (TPSA) is 75.2 Å². The maximum atomic E-state index is 9.24. The van der Waals surface area contributed by atoms with Crippen molar-refractivity contribution >= 4 is 11.5 Å². The van der Waals surface area contributed by atoms with Crippen molar-refractivity contribution in [3.05, 3.63) is 17.8 Å². The van der Waals surface area contributed by atoms with Gasteiger partial charge < -0.3 is 15.4 Å². The van der Waals surface area contributed by atoms with Crippen molar-refractivity contribution < 1.29 is 4.74 Å². The molecule has 5 nitrogen and oxygen atoms in total. The molecule has 0 saturated carbocycles. The number of anilines is 2. The molecule has 0 aliphatic carbocycles. The first-order chi connectivity index (χ1) is 9.17. The van der Waals surface area contributed by atoms with Gasteiger partial charge in [0.25, 0.3) is 0 Å². The summed E-state index contributed by atoms with van der Waals surface area (Å²) in [6.45, 7) is 5.59. The van der Waals surface area contributed by atoms with E-state index in [2.05, 4.69) is 29.8 Å². The van der Waals surface area contributed by atoms with Crippen molar-refractivity contribution in [1.29, 1.82) is 5.26 Å². The van der Waals surface area contributed by atoms with E-state index in [1.165, 1.54) is 0 Å². The normalized spacial score (nSPS) is 10.5. The zero-order chi connectivity index (χ0) is 14.3. The van der Waals surface area contributed by atoms with Gasteiger partial charge in [-0.05, 0) is 18.9 Å². The number of rotatable bonds is 7. The van der Waals surface area contributed by atoms with E-state index in [0.717, 1.165) is 12.8 Å². The van der Waals surface area contributed by atoms with Crippen molar-refractivity contribution in [2.24, 2.45) is 0 Å². The average Bonchev–Trinajstić information content (AvgIpc) is 2.43. The number of methoxy groups -OCH3 is 1. The monoisotopic (exact) mass is 262 g/mol. The molecule has 2 N–H and O–H groups in total. The Balaban J connectivity index is 3.12. The molecule has 0 fully saturated rings. The van der Waals surface area contributed by atoms with Crippen molar-refractivity contribution in [3.8, 4) is 6.07 Å². The van der Waals surface area contributed by atoms with Crippen LogP contribution in [0.15, 0.2) is 12.3 Å². The molecule has 0 aliphatic heterocycles. The minimum atomic E-state index is 0.346. The van der Waals surface area contributed by atoms with E-state index in [-0.39, 0.29) is 0 Å². The van der Waals surface area contributed by atoms with Crippen LogP contribution in [0.1, 0.15) is 32.3 Å². The summed E-state index contributed by atoms with van der Waals surface area (Å²) in [7, 11) is 1.67. The molecule has 0 spiro atoms. The second kappa shape index (κ2) is 7.59. The summed E-state index contributed by atoms with van der Waals surface area (Å²) in [5, 5.41) is 9.24. The van der Waals surface area contributed by atoms with Gasteiger partial charge in [0.05, 0.1) is 24.1 Å². The average molecular weight is 262 g/mol. The number of nitriles is 1. The SMILES string of the molecule is CCC(CC)N(CCOC)c1ncc(N)cc1C#N. The lowest BCUT2D eigenvalue weighted by Gasteiger charge is -2.32. The highest BCUT2D eigenvalue weighted by atomic mass is 16.5. The van der Waals surface area contributed by atoms with Crippen LogP contribution in [0.3, 0.4) is 0 Å². The molecule has 1 aromatic heterocycles. The Kier molecular flexibility index (Phi) is 6.10.